The average Bonchev–Trinajstić information content (AvgIpc) is 3.32. The number of hydrogen-bond donors (Lipinski definition) is 1. The monoisotopic (exact) mass is 513 g/mol. The molecule has 1 aliphatic heterocycles. The summed E-state index contributed by atoms with van der Waals surface area (Å²) in [6.07, 6.45) is 0. The minimum atomic E-state index is -0.119. The molecule has 1 N–H and O–H groups in total. The Hall–Kier alpha value is -3.01. The van der Waals surface area contributed by atoms with Gasteiger partial charge >= 0.3 is 0 Å². The van der Waals surface area contributed by atoms with Crippen LogP contribution in [0.15, 0.2) is 59.8 Å². The van der Waals surface area contributed by atoms with Gasteiger partial charge in [-0.25, -0.2) is 9.97 Å². The molecule has 0 spiro atoms. The van der Waals surface area contributed by atoms with Crippen molar-refractivity contribution in [3.05, 3.63) is 70.9 Å². The molecule has 8 nitrogen and oxygen atoms in total. The van der Waals surface area contributed by atoms with Gasteiger partial charge in [-0.2, -0.15) is 0 Å². The van der Waals surface area contributed by atoms with Gasteiger partial charge in [-0.3, -0.25) is 4.79 Å². The van der Waals surface area contributed by atoms with Crippen molar-refractivity contribution >= 4 is 35.1 Å². The first kappa shape index (κ1) is 25.1. The van der Waals surface area contributed by atoms with Gasteiger partial charge < -0.3 is 24.6 Å². The molecule has 0 atom stereocenters. The minimum absolute atomic E-state index is 0.119. The first-order valence-corrected chi connectivity index (χ1v) is 12.6. The summed E-state index contributed by atoms with van der Waals surface area (Å²) in [7, 11) is 4.08. The van der Waals surface area contributed by atoms with E-state index in [1.54, 1.807) is 6.07 Å². The van der Waals surface area contributed by atoms with Crippen molar-refractivity contribution in [2.45, 2.75) is 18.2 Å². The average molecular weight is 514 g/mol. The van der Waals surface area contributed by atoms with Crippen molar-refractivity contribution in [3.63, 3.8) is 0 Å². The minimum Gasteiger partial charge on any atom is -0.454 e. The molecule has 0 bridgehead atoms. The lowest BCUT2D eigenvalue weighted by molar-refractivity contribution is -0.118. The Morgan fingerprint density at radius 2 is 1.83 bits per heavy atom. The van der Waals surface area contributed by atoms with Crippen molar-refractivity contribution in [3.8, 4) is 11.5 Å². The van der Waals surface area contributed by atoms with Crippen molar-refractivity contribution in [1.82, 2.24) is 20.2 Å². The summed E-state index contributed by atoms with van der Waals surface area (Å²) in [5.41, 5.74) is 2.12. The Labute approximate surface area is 214 Å². The van der Waals surface area contributed by atoms with Crippen molar-refractivity contribution < 1.29 is 14.3 Å². The van der Waals surface area contributed by atoms with Gasteiger partial charge in [0.25, 0.3) is 0 Å². The van der Waals surface area contributed by atoms with Crippen LogP contribution in [0, 0.1) is 0 Å². The zero-order valence-corrected chi connectivity index (χ0v) is 21.3. The zero-order valence-electron chi connectivity index (χ0n) is 19.7. The Bertz CT molecular complexity index is 1150. The van der Waals surface area contributed by atoms with Gasteiger partial charge in [-0.1, -0.05) is 59.8 Å². The second-order valence-electron chi connectivity index (χ2n) is 8.29. The summed E-state index contributed by atoms with van der Waals surface area (Å²) < 4.78 is 10.7. The highest BCUT2D eigenvalue weighted by molar-refractivity contribution is 7.99. The number of aromatic nitrogens is 2. The number of amides is 1. The summed E-state index contributed by atoms with van der Waals surface area (Å²) in [6, 6.07) is 17.6. The number of benzene rings is 2. The molecular formula is C25H28ClN5O3S. The first-order chi connectivity index (χ1) is 17.0. The molecule has 184 valence electrons. The predicted octanol–water partition coefficient (Wildman–Crippen LogP) is 3.84. The number of halogens is 1. The largest absolute Gasteiger partial charge is 0.454 e. The fourth-order valence-electron chi connectivity index (χ4n) is 3.44. The fourth-order valence-corrected chi connectivity index (χ4v) is 4.35. The number of thioether (sulfide) groups is 1. The maximum atomic E-state index is 12.5. The van der Waals surface area contributed by atoms with Crippen LogP contribution in [0.25, 0.3) is 0 Å². The first-order valence-electron chi connectivity index (χ1n) is 11.2. The Morgan fingerprint density at radius 1 is 1.03 bits per heavy atom. The third kappa shape index (κ3) is 7.48. The number of carbonyl (C=O) groups excluding carboxylic acids is 1. The highest BCUT2D eigenvalue weighted by atomic mass is 35.5. The van der Waals surface area contributed by atoms with E-state index in [0.717, 1.165) is 30.2 Å². The van der Waals surface area contributed by atoms with Gasteiger partial charge in [0.15, 0.2) is 16.7 Å². The molecule has 35 heavy (non-hydrogen) atoms. The molecule has 10 heteroatoms. The molecule has 1 amide bonds. The van der Waals surface area contributed by atoms with Crippen LogP contribution in [0.1, 0.15) is 11.1 Å². The van der Waals surface area contributed by atoms with E-state index in [-0.39, 0.29) is 18.5 Å². The lowest BCUT2D eigenvalue weighted by atomic mass is 10.2. The number of fused-ring (bicyclic) bond motifs is 1. The van der Waals surface area contributed by atoms with Gasteiger partial charge in [0, 0.05) is 32.2 Å². The van der Waals surface area contributed by atoms with E-state index in [1.807, 2.05) is 50.5 Å². The van der Waals surface area contributed by atoms with Gasteiger partial charge in [0.05, 0.1) is 5.75 Å². The summed E-state index contributed by atoms with van der Waals surface area (Å²) >= 11 is 7.60. The molecule has 0 fully saturated rings. The van der Waals surface area contributed by atoms with E-state index in [0.29, 0.717) is 29.1 Å². The quantitative estimate of drug-likeness (QED) is 0.235. The summed E-state index contributed by atoms with van der Waals surface area (Å²) in [5.74, 6) is 2.21. The summed E-state index contributed by atoms with van der Waals surface area (Å²) in [5, 5.41) is 3.73. The number of carbonyl (C=O) groups is 1. The molecule has 4 rings (SSSR count). The van der Waals surface area contributed by atoms with Crippen LogP contribution >= 0.6 is 23.4 Å². The van der Waals surface area contributed by atoms with E-state index < -0.39 is 0 Å². The maximum absolute atomic E-state index is 12.5. The third-order valence-electron chi connectivity index (χ3n) is 5.28. The SMILES string of the molecule is CN(C)CCN(Cc1ccccc1)c1cc(Cl)nc(SCC(=O)NCc2ccc3c(c2)OCO3)n1. The molecule has 0 saturated carbocycles. The van der Waals surface area contributed by atoms with Crippen LogP contribution in [0.4, 0.5) is 5.82 Å². The van der Waals surface area contributed by atoms with Gasteiger partial charge in [0.1, 0.15) is 11.0 Å². The van der Waals surface area contributed by atoms with Crippen LogP contribution in [0.2, 0.25) is 5.15 Å². The lowest BCUT2D eigenvalue weighted by Crippen LogP contribution is -2.32. The van der Waals surface area contributed by atoms with Gasteiger partial charge in [-0.05, 0) is 37.4 Å². The van der Waals surface area contributed by atoms with Crippen molar-refractivity contribution in [2.24, 2.45) is 0 Å². The van der Waals surface area contributed by atoms with E-state index in [4.69, 9.17) is 26.1 Å². The fraction of sp³-hybridized carbons (Fsp3) is 0.320. The Morgan fingerprint density at radius 3 is 2.63 bits per heavy atom. The highest BCUT2D eigenvalue weighted by Crippen LogP contribution is 2.32. The molecule has 0 saturated heterocycles. The maximum Gasteiger partial charge on any atom is 0.231 e. The molecule has 1 aromatic heterocycles. The van der Waals surface area contributed by atoms with E-state index >= 15 is 0 Å². The van der Waals surface area contributed by atoms with Crippen molar-refractivity contribution in [2.75, 3.05) is 44.6 Å². The number of likely N-dealkylation sites (N-methyl/N-ethyl adjacent to an activating group) is 1. The van der Waals surface area contributed by atoms with Crippen LogP contribution in [0.3, 0.4) is 0 Å². The Balaban J connectivity index is 1.37. The van der Waals surface area contributed by atoms with Crippen molar-refractivity contribution in [1.29, 1.82) is 0 Å². The Kier molecular flexibility index (Phi) is 8.68. The highest BCUT2D eigenvalue weighted by Gasteiger charge is 2.15. The van der Waals surface area contributed by atoms with Gasteiger partial charge in [-0.15, -0.1) is 0 Å². The standard InChI is InChI=1S/C25H28ClN5O3S/c1-30(2)10-11-31(15-18-6-4-3-5-7-18)23-13-22(26)28-25(29-23)35-16-24(32)27-14-19-8-9-20-21(12-19)34-17-33-20/h3-9,12-13H,10-11,14-17H2,1-2H3,(H,27,32). The smallest absolute Gasteiger partial charge is 0.231 e. The number of nitrogens with one attached hydrogen (secondary N) is 1. The van der Waals surface area contributed by atoms with E-state index in [1.165, 1.54) is 17.3 Å². The van der Waals surface area contributed by atoms with Crippen LogP contribution < -0.4 is 19.7 Å². The predicted molar refractivity (Wildman–Crippen MR) is 138 cm³/mol. The molecule has 1 aliphatic rings. The number of rotatable bonds is 11. The number of hydrogen-bond acceptors (Lipinski definition) is 8. The molecule has 0 radical (unpaired) electrons. The zero-order chi connectivity index (χ0) is 24.6. The normalized spacial score (nSPS) is 12.1. The number of ether oxygens (including phenoxy) is 2. The summed E-state index contributed by atoms with van der Waals surface area (Å²) in [4.78, 5) is 25.8. The molecule has 0 unspecified atom stereocenters. The molecule has 3 aromatic rings. The number of anilines is 1. The number of nitrogens with zero attached hydrogens (tertiary/aromatic N) is 4. The molecule has 2 aromatic carbocycles. The molecule has 0 aliphatic carbocycles. The second-order valence-corrected chi connectivity index (χ2v) is 9.62. The van der Waals surface area contributed by atoms with Crippen LogP contribution in [-0.2, 0) is 17.9 Å². The topological polar surface area (TPSA) is 79.8 Å². The van der Waals surface area contributed by atoms with E-state index in [2.05, 4.69) is 32.2 Å². The van der Waals surface area contributed by atoms with Gasteiger partial charge in [0.2, 0.25) is 12.7 Å². The molecule has 2 heterocycles. The van der Waals surface area contributed by atoms with Crippen LogP contribution in [-0.4, -0.2) is 60.5 Å². The molecular weight excluding hydrogens is 486 g/mol. The van der Waals surface area contributed by atoms with Crippen LogP contribution in [0.5, 0.6) is 11.5 Å². The lowest BCUT2D eigenvalue weighted by Gasteiger charge is -2.26. The summed E-state index contributed by atoms with van der Waals surface area (Å²) in [6.45, 7) is 2.95. The third-order valence-corrected chi connectivity index (χ3v) is 6.32. The second kappa shape index (κ2) is 12.1. The van der Waals surface area contributed by atoms with E-state index in [9.17, 15) is 4.79 Å².